The monoisotopic (exact) mass is 258 g/mol. The fraction of sp³-hybridized carbons (Fsp3) is 0.615. The van der Waals surface area contributed by atoms with E-state index in [1.165, 1.54) is 12.3 Å². The van der Waals surface area contributed by atoms with Crippen molar-refractivity contribution in [1.29, 1.82) is 0 Å². The number of anilines is 1. The van der Waals surface area contributed by atoms with E-state index in [9.17, 15) is 4.39 Å². The minimum atomic E-state index is -0.330. The van der Waals surface area contributed by atoms with Crippen LogP contribution in [0.1, 0.15) is 32.8 Å². The van der Waals surface area contributed by atoms with Crippen LogP contribution in [-0.2, 0) is 5.88 Å². The molecule has 0 fully saturated rings. The van der Waals surface area contributed by atoms with Gasteiger partial charge < -0.3 is 4.90 Å². The first-order valence-electron chi connectivity index (χ1n) is 6.07. The van der Waals surface area contributed by atoms with Gasteiger partial charge in [-0.2, -0.15) is 0 Å². The van der Waals surface area contributed by atoms with E-state index in [-0.39, 0.29) is 11.7 Å². The molecular weight excluding hydrogens is 239 g/mol. The smallest absolute Gasteiger partial charge is 0.141 e. The van der Waals surface area contributed by atoms with E-state index in [1.807, 2.05) is 0 Å². The fourth-order valence-electron chi connectivity index (χ4n) is 1.73. The Kier molecular flexibility index (Phi) is 5.69. The maximum atomic E-state index is 13.1. The first kappa shape index (κ1) is 14.2. The highest BCUT2D eigenvalue weighted by molar-refractivity contribution is 6.17. The molecule has 1 aromatic rings. The number of nitrogens with zero attached hydrogens (tertiary/aromatic N) is 2. The molecule has 1 aromatic heterocycles. The first-order valence-corrected chi connectivity index (χ1v) is 6.61. The van der Waals surface area contributed by atoms with Gasteiger partial charge in [-0.3, -0.25) is 0 Å². The lowest BCUT2D eigenvalue weighted by Gasteiger charge is -2.26. The lowest BCUT2D eigenvalue weighted by atomic mass is 10.1. The molecule has 0 radical (unpaired) electrons. The van der Waals surface area contributed by atoms with E-state index in [2.05, 4.69) is 30.7 Å². The van der Waals surface area contributed by atoms with Gasteiger partial charge in [0, 0.05) is 18.7 Å². The molecule has 1 heterocycles. The third-order valence-corrected chi connectivity index (χ3v) is 3.25. The minimum Gasteiger partial charge on any atom is -0.356 e. The van der Waals surface area contributed by atoms with Crippen molar-refractivity contribution >= 4 is 17.4 Å². The fourth-order valence-corrected chi connectivity index (χ4v) is 1.92. The van der Waals surface area contributed by atoms with Gasteiger partial charge in [0.25, 0.3) is 0 Å². The molecule has 0 aliphatic rings. The summed E-state index contributed by atoms with van der Waals surface area (Å²) in [5, 5.41) is 0. The molecule has 0 aliphatic carbocycles. The molecule has 0 aromatic carbocycles. The zero-order valence-corrected chi connectivity index (χ0v) is 11.5. The number of hydrogen-bond acceptors (Lipinski definition) is 2. The lowest BCUT2D eigenvalue weighted by molar-refractivity contribution is 0.543. The van der Waals surface area contributed by atoms with Gasteiger partial charge >= 0.3 is 0 Å². The summed E-state index contributed by atoms with van der Waals surface area (Å²) in [6.07, 6.45) is 2.37. The second kappa shape index (κ2) is 6.80. The van der Waals surface area contributed by atoms with Gasteiger partial charge in [-0.1, -0.05) is 20.3 Å². The van der Waals surface area contributed by atoms with Crippen LogP contribution in [0.4, 0.5) is 10.2 Å². The maximum absolute atomic E-state index is 13.1. The SMILES string of the molecule is CCC(C)CN(CC)c1ncc(F)cc1CCl. The van der Waals surface area contributed by atoms with Crippen molar-refractivity contribution < 1.29 is 4.39 Å². The van der Waals surface area contributed by atoms with Gasteiger partial charge in [0.1, 0.15) is 11.6 Å². The summed E-state index contributed by atoms with van der Waals surface area (Å²) >= 11 is 5.84. The van der Waals surface area contributed by atoms with Crippen LogP contribution in [0.25, 0.3) is 0 Å². The largest absolute Gasteiger partial charge is 0.356 e. The second-order valence-corrected chi connectivity index (χ2v) is 4.59. The Morgan fingerprint density at radius 2 is 2.18 bits per heavy atom. The van der Waals surface area contributed by atoms with Crippen LogP contribution in [0, 0.1) is 11.7 Å². The van der Waals surface area contributed by atoms with Crippen molar-refractivity contribution in [3.63, 3.8) is 0 Å². The average Bonchev–Trinajstić information content (AvgIpc) is 2.35. The van der Waals surface area contributed by atoms with E-state index in [0.29, 0.717) is 5.92 Å². The molecule has 1 rings (SSSR count). The zero-order valence-electron chi connectivity index (χ0n) is 10.7. The van der Waals surface area contributed by atoms with Crippen LogP contribution in [0.2, 0.25) is 0 Å². The molecule has 4 heteroatoms. The predicted octanol–water partition coefficient (Wildman–Crippen LogP) is 3.83. The summed E-state index contributed by atoms with van der Waals surface area (Å²) in [5.41, 5.74) is 0.761. The molecule has 0 amide bonds. The predicted molar refractivity (Wildman–Crippen MR) is 71.1 cm³/mol. The number of pyridine rings is 1. The average molecular weight is 259 g/mol. The van der Waals surface area contributed by atoms with Crippen LogP contribution in [0.5, 0.6) is 0 Å². The molecule has 2 nitrogen and oxygen atoms in total. The summed E-state index contributed by atoms with van der Waals surface area (Å²) in [5.74, 6) is 1.36. The molecule has 0 saturated heterocycles. The number of rotatable bonds is 6. The summed E-state index contributed by atoms with van der Waals surface area (Å²) in [7, 11) is 0. The number of halogens is 2. The normalized spacial score (nSPS) is 12.5. The molecule has 0 aliphatic heterocycles. The summed E-state index contributed by atoms with van der Waals surface area (Å²) < 4.78 is 13.1. The van der Waals surface area contributed by atoms with Crippen LogP contribution >= 0.6 is 11.6 Å². The molecule has 1 atom stereocenters. The third-order valence-electron chi connectivity index (χ3n) is 2.96. The van der Waals surface area contributed by atoms with Crippen molar-refractivity contribution in [2.45, 2.75) is 33.1 Å². The molecular formula is C13H20ClFN2. The van der Waals surface area contributed by atoms with Gasteiger partial charge in [-0.05, 0) is 18.9 Å². The Balaban J connectivity index is 2.94. The minimum absolute atomic E-state index is 0.289. The Labute approximate surface area is 108 Å². The van der Waals surface area contributed by atoms with Crippen LogP contribution < -0.4 is 4.90 Å². The van der Waals surface area contributed by atoms with Gasteiger partial charge in [0.2, 0.25) is 0 Å². The van der Waals surface area contributed by atoms with Gasteiger partial charge in [-0.15, -0.1) is 11.6 Å². The quantitative estimate of drug-likeness (QED) is 0.721. The van der Waals surface area contributed by atoms with E-state index >= 15 is 0 Å². The number of aromatic nitrogens is 1. The van der Waals surface area contributed by atoms with E-state index in [4.69, 9.17) is 11.6 Å². The van der Waals surface area contributed by atoms with Crippen LogP contribution in [0.3, 0.4) is 0 Å². The molecule has 0 bridgehead atoms. The highest BCUT2D eigenvalue weighted by Crippen LogP contribution is 2.21. The molecule has 17 heavy (non-hydrogen) atoms. The van der Waals surface area contributed by atoms with Crippen molar-refractivity contribution in [2.24, 2.45) is 5.92 Å². The van der Waals surface area contributed by atoms with Crippen molar-refractivity contribution in [1.82, 2.24) is 4.98 Å². The van der Waals surface area contributed by atoms with Gasteiger partial charge in [-0.25, -0.2) is 9.37 Å². The first-order chi connectivity index (χ1) is 8.12. The Morgan fingerprint density at radius 3 is 2.71 bits per heavy atom. The van der Waals surface area contributed by atoms with Crippen molar-refractivity contribution in [2.75, 3.05) is 18.0 Å². The second-order valence-electron chi connectivity index (χ2n) is 4.32. The maximum Gasteiger partial charge on any atom is 0.141 e. The lowest BCUT2D eigenvalue weighted by Crippen LogP contribution is -2.29. The molecule has 0 N–H and O–H groups in total. The molecule has 0 saturated carbocycles. The third kappa shape index (κ3) is 3.84. The topological polar surface area (TPSA) is 16.1 Å². The zero-order chi connectivity index (χ0) is 12.8. The Bertz CT molecular complexity index is 357. The summed E-state index contributed by atoms with van der Waals surface area (Å²) in [6, 6.07) is 1.47. The van der Waals surface area contributed by atoms with Crippen LogP contribution in [-0.4, -0.2) is 18.1 Å². The highest BCUT2D eigenvalue weighted by Gasteiger charge is 2.14. The molecule has 0 spiro atoms. The Morgan fingerprint density at radius 1 is 1.47 bits per heavy atom. The van der Waals surface area contributed by atoms with Crippen LogP contribution in [0.15, 0.2) is 12.3 Å². The molecule has 1 unspecified atom stereocenters. The van der Waals surface area contributed by atoms with Gasteiger partial charge in [0.05, 0.1) is 12.1 Å². The summed E-state index contributed by atoms with van der Waals surface area (Å²) in [4.78, 5) is 6.33. The van der Waals surface area contributed by atoms with Crippen molar-refractivity contribution in [3.8, 4) is 0 Å². The Hall–Kier alpha value is -0.830. The summed E-state index contributed by atoms with van der Waals surface area (Å²) in [6.45, 7) is 8.22. The highest BCUT2D eigenvalue weighted by atomic mass is 35.5. The number of hydrogen-bond donors (Lipinski definition) is 0. The van der Waals surface area contributed by atoms with E-state index < -0.39 is 0 Å². The van der Waals surface area contributed by atoms with Gasteiger partial charge in [0.15, 0.2) is 0 Å². The molecule has 96 valence electrons. The number of alkyl halides is 1. The van der Waals surface area contributed by atoms with E-state index in [1.54, 1.807) is 0 Å². The van der Waals surface area contributed by atoms with Crippen molar-refractivity contribution in [3.05, 3.63) is 23.6 Å². The van der Waals surface area contributed by atoms with E-state index in [0.717, 1.165) is 30.9 Å². The standard InChI is InChI=1S/C13H20ClFN2/c1-4-10(3)9-17(5-2)13-11(7-14)6-12(15)8-16-13/h6,8,10H,4-5,7,9H2,1-3H3.